The summed E-state index contributed by atoms with van der Waals surface area (Å²) in [6.45, 7) is 11.5. The van der Waals surface area contributed by atoms with E-state index in [1.165, 1.54) is 24.0 Å². The van der Waals surface area contributed by atoms with Crippen LogP contribution in [-0.2, 0) is 6.42 Å². The van der Waals surface area contributed by atoms with Crippen molar-refractivity contribution in [2.45, 2.75) is 52.1 Å². The lowest BCUT2D eigenvalue weighted by molar-refractivity contribution is 0.0910. The Balaban J connectivity index is 1.59. The quantitative estimate of drug-likeness (QED) is 0.723. The molecule has 2 rings (SSSR count). The Kier molecular flexibility index (Phi) is 7.54. The molecule has 1 fully saturated rings. The highest BCUT2D eigenvalue weighted by atomic mass is 16.3. The second-order valence-corrected chi connectivity index (χ2v) is 7.49. The van der Waals surface area contributed by atoms with Gasteiger partial charge in [-0.25, -0.2) is 0 Å². The molecule has 0 saturated carbocycles. The summed E-state index contributed by atoms with van der Waals surface area (Å²) < 4.78 is 0. The second-order valence-electron chi connectivity index (χ2n) is 7.49. The van der Waals surface area contributed by atoms with Gasteiger partial charge in [0, 0.05) is 13.1 Å². The first-order valence-electron chi connectivity index (χ1n) is 9.24. The van der Waals surface area contributed by atoms with Crippen LogP contribution < -0.4 is 5.32 Å². The fourth-order valence-corrected chi connectivity index (χ4v) is 3.18. The van der Waals surface area contributed by atoms with Gasteiger partial charge in [0.15, 0.2) is 0 Å². The summed E-state index contributed by atoms with van der Waals surface area (Å²) in [6.07, 6.45) is 3.30. The highest BCUT2D eigenvalue weighted by Gasteiger charge is 2.17. The molecular weight excluding hydrogens is 284 g/mol. The van der Waals surface area contributed by atoms with Crippen LogP contribution >= 0.6 is 0 Å². The Bertz CT molecular complexity index is 435. The lowest BCUT2D eigenvalue weighted by atomic mass is 9.99. The van der Waals surface area contributed by atoms with Gasteiger partial charge in [0.2, 0.25) is 0 Å². The Morgan fingerprint density at radius 3 is 2.43 bits per heavy atom. The van der Waals surface area contributed by atoms with Gasteiger partial charge in [0.05, 0.1) is 6.10 Å². The van der Waals surface area contributed by atoms with Crippen LogP contribution in [0.25, 0.3) is 0 Å². The first-order valence-corrected chi connectivity index (χ1v) is 9.24. The number of nitrogens with zero attached hydrogens (tertiary/aromatic N) is 1. The monoisotopic (exact) mass is 318 g/mol. The summed E-state index contributed by atoms with van der Waals surface area (Å²) in [6, 6.07) is 8.91. The van der Waals surface area contributed by atoms with E-state index in [2.05, 4.69) is 55.3 Å². The topological polar surface area (TPSA) is 35.5 Å². The summed E-state index contributed by atoms with van der Waals surface area (Å²) in [5.41, 5.74) is 2.76. The molecule has 1 aliphatic rings. The van der Waals surface area contributed by atoms with E-state index in [1.54, 1.807) is 0 Å². The third-order valence-electron chi connectivity index (χ3n) is 4.96. The van der Waals surface area contributed by atoms with Gasteiger partial charge in [0.1, 0.15) is 0 Å². The maximum Gasteiger partial charge on any atom is 0.0791 e. The minimum absolute atomic E-state index is 0.258. The predicted molar refractivity (Wildman–Crippen MR) is 97.9 cm³/mol. The molecule has 0 radical (unpaired) electrons. The number of aliphatic hydroxyl groups is 1. The number of piperidine rings is 1. The van der Waals surface area contributed by atoms with Crippen molar-refractivity contribution in [3.05, 3.63) is 35.4 Å². The first kappa shape index (κ1) is 18.4. The van der Waals surface area contributed by atoms with Crippen molar-refractivity contribution in [3.63, 3.8) is 0 Å². The standard InChI is InChI=1S/C20H34N2O/c1-16(2)19-6-4-18(5-7-19)8-11-21-14-20(23)15-22-12-9-17(3)10-13-22/h4-7,16-17,20-21,23H,8-15H2,1-3H3/t20-/m0/s1. The van der Waals surface area contributed by atoms with Crippen molar-refractivity contribution in [1.82, 2.24) is 10.2 Å². The van der Waals surface area contributed by atoms with Crippen LogP contribution in [0.2, 0.25) is 0 Å². The van der Waals surface area contributed by atoms with E-state index in [4.69, 9.17) is 0 Å². The fourth-order valence-electron chi connectivity index (χ4n) is 3.18. The molecule has 130 valence electrons. The maximum absolute atomic E-state index is 10.2. The van der Waals surface area contributed by atoms with E-state index in [0.717, 1.165) is 38.5 Å². The number of rotatable bonds is 8. The predicted octanol–water partition coefficient (Wildman–Crippen LogP) is 3.03. The van der Waals surface area contributed by atoms with Gasteiger partial charge < -0.3 is 15.3 Å². The minimum atomic E-state index is -0.258. The molecule has 0 amide bonds. The van der Waals surface area contributed by atoms with E-state index in [9.17, 15) is 5.11 Å². The Morgan fingerprint density at radius 1 is 1.17 bits per heavy atom. The Labute approximate surface area is 142 Å². The van der Waals surface area contributed by atoms with Gasteiger partial charge >= 0.3 is 0 Å². The molecule has 1 aromatic rings. The molecule has 0 spiro atoms. The molecule has 0 bridgehead atoms. The molecule has 1 saturated heterocycles. The molecule has 2 N–H and O–H groups in total. The molecular formula is C20H34N2O. The molecule has 23 heavy (non-hydrogen) atoms. The van der Waals surface area contributed by atoms with Crippen LogP contribution in [0.5, 0.6) is 0 Å². The average Bonchev–Trinajstić information content (AvgIpc) is 2.54. The zero-order valence-corrected chi connectivity index (χ0v) is 15.1. The minimum Gasteiger partial charge on any atom is -0.390 e. The highest BCUT2D eigenvalue weighted by molar-refractivity contribution is 5.24. The van der Waals surface area contributed by atoms with E-state index >= 15 is 0 Å². The van der Waals surface area contributed by atoms with E-state index < -0.39 is 0 Å². The van der Waals surface area contributed by atoms with Crippen molar-refractivity contribution in [2.75, 3.05) is 32.7 Å². The summed E-state index contributed by atoms with van der Waals surface area (Å²) in [7, 11) is 0. The van der Waals surface area contributed by atoms with Crippen molar-refractivity contribution < 1.29 is 5.11 Å². The molecule has 1 atom stereocenters. The molecule has 3 nitrogen and oxygen atoms in total. The Hall–Kier alpha value is -0.900. The van der Waals surface area contributed by atoms with Gasteiger partial charge in [-0.1, -0.05) is 45.0 Å². The zero-order chi connectivity index (χ0) is 16.7. The van der Waals surface area contributed by atoms with Crippen molar-refractivity contribution >= 4 is 0 Å². The van der Waals surface area contributed by atoms with Gasteiger partial charge in [0.25, 0.3) is 0 Å². The van der Waals surface area contributed by atoms with Crippen LogP contribution in [0, 0.1) is 5.92 Å². The molecule has 0 unspecified atom stereocenters. The van der Waals surface area contributed by atoms with Gasteiger partial charge in [-0.15, -0.1) is 0 Å². The average molecular weight is 319 g/mol. The van der Waals surface area contributed by atoms with Crippen LogP contribution in [0.15, 0.2) is 24.3 Å². The van der Waals surface area contributed by atoms with E-state index in [1.807, 2.05) is 0 Å². The van der Waals surface area contributed by atoms with E-state index in [0.29, 0.717) is 12.5 Å². The molecule has 3 heteroatoms. The lowest BCUT2D eigenvalue weighted by Crippen LogP contribution is -2.42. The molecule has 1 aliphatic heterocycles. The summed E-state index contributed by atoms with van der Waals surface area (Å²) >= 11 is 0. The number of aliphatic hydroxyl groups excluding tert-OH is 1. The highest BCUT2D eigenvalue weighted by Crippen LogP contribution is 2.16. The molecule has 0 aliphatic carbocycles. The molecule has 1 heterocycles. The normalized spacial score (nSPS) is 18.5. The van der Waals surface area contributed by atoms with Gasteiger partial charge in [-0.2, -0.15) is 0 Å². The first-order chi connectivity index (χ1) is 11.0. The van der Waals surface area contributed by atoms with Gasteiger partial charge in [-0.3, -0.25) is 0 Å². The lowest BCUT2D eigenvalue weighted by Gasteiger charge is -2.31. The van der Waals surface area contributed by atoms with Crippen molar-refractivity contribution in [2.24, 2.45) is 5.92 Å². The van der Waals surface area contributed by atoms with E-state index in [-0.39, 0.29) is 6.10 Å². The molecule has 1 aromatic carbocycles. The number of β-amino-alcohol motifs (C(OH)–C–C–N with tert-alkyl or cyclic N) is 1. The smallest absolute Gasteiger partial charge is 0.0791 e. The number of hydrogen-bond donors (Lipinski definition) is 2. The number of likely N-dealkylation sites (tertiary alicyclic amines) is 1. The number of hydrogen-bond acceptors (Lipinski definition) is 3. The molecule has 0 aromatic heterocycles. The van der Waals surface area contributed by atoms with Crippen LogP contribution in [0.3, 0.4) is 0 Å². The Morgan fingerprint density at radius 2 is 1.83 bits per heavy atom. The zero-order valence-electron chi connectivity index (χ0n) is 15.1. The van der Waals surface area contributed by atoms with Gasteiger partial charge in [-0.05, 0) is 61.9 Å². The summed E-state index contributed by atoms with van der Waals surface area (Å²) in [5, 5.41) is 13.6. The second kappa shape index (κ2) is 9.41. The number of nitrogens with one attached hydrogen (secondary N) is 1. The van der Waals surface area contributed by atoms with Crippen molar-refractivity contribution in [1.29, 1.82) is 0 Å². The maximum atomic E-state index is 10.2. The fraction of sp³-hybridized carbons (Fsp3) is 0.700. The summed E-state index contributed by atoms with van der Waals surface area (Å²) in [5.74, 6) is 1.44. The largest absolute Gasteiger partial charge is 0.390 e. The number of benzene rings is 1. The summed E-state index contributed by atoms with van der Waals surface area (Å²) in [4.78, 5) is 2.40. The van der Waals surface area contributed by atoms with Crippen molar-refractivity contribution in [3.8, 4) is 0 Å². The van der Waals surface area contributed by atoms with Crippen LogP contribution in [0.4, 0.5) is 0 Å². The van der Waals surface area contributed by atoms with Crippen LogP contribution in [0.1, 0.15) is 50.7 Å². The third kappa shape index (κ3) is 6.62. The van der Waals surface area contributed by atoms with Crippen LogP contribution in [-0.4, -0.2) is 48.8 Å². The third-order valence-corrected chi connectivity index (χ3v) is 4.96. The SMILES string of the molecule is CC1CCN(C[C@@H](O)CNCCc2ccc(C(C)C)cc2)CC1.